The number of carbonyl (C=O) groups is 2. The summed E-state index contributed by atoms with van der Waals surface area (Å²) in [6.45, 7) is 1.87. The number of anilines is 2. The number of hydrogen-bond donors (Lipinski definition) is 2. The van der Waals surface area contributed by atoms with E-state index in [2.05, 4.69) is 10.6 Å². The molecule has 5 nitrogen and oxygen atoms in total. The Morgan fingerprint density at radius 1 is 0.778 bits per heavy atom. The van der Waals surface area contributed by atoms with Crippen LogP contribution in [0.15, 0.2) is 72.8 Å². The van der Waals surface area contributed by atoms with Gasteiger partial charge in [0.25, 0.3) is 11.8 Å². The third-order valence-corrected chi connectivity index (χ3v) is 4.14. The van der Waals surface area contributed by atoms with Crippen molar-refractivity contribution >= 4 is 23.2 Å². The number of para-hydroxylation sites is 1. The molecule has 5 heteroatoms. The van der Waals surface area contributed by atoms with Gasteiger partial charge in [-0.15, -0.1) is 0 Å². The van der Waals surface area contributed by atoms with Gasteiger partial charge in [0.15, 0.2) is 0 Å². The van der Waals surface area contributed by atoms with E-state index in [4.69, 9.17) is 4.74 Å². The van der Waals surface area contributed by atoms with Crippen LogP contribution in [0.4, 0.5) is 11.4 Å². The Hall–Kier alpha value is -3.60. The van der Waals surface area contributed by atoms with Crippen molar-refractivity contribution in [3.8, 4) is 5.75 Å². The first-order chi connectivity index (χ1) is 13.1. The van der Waals surface area contributed by atoms with Crippen molar-refractivity contribution in [3.05, 3.63) is 89.5 Å². The molecule has 3 aromatic carbocycles. The molecule has 0 saturated heterocycles. The number of ether oxygens (including phenoxy) is 1. The van der Waals surface area contributed by atoms with Crippen LogP contribution in [0.3, 0.4) is 0 Å². The highest BCUT2D eigenvalue weighted by Crippen LogP contribution is 2.21. The van der Waals surface area contributed by atoms with Gasteiger partial charge < -0.3 is 15.4 Å². The van der Waals surface area contributed by atoms with Crippen molar-refractivity contribution in [3.63, 3.8) is 0 Å². The Morgan fingerprint density at radius 2 is 1.44 bits per heavy atom. The number of amides is 2. The molecule has 0 aliphatic carbocycles. The second kappa shape index (κ2) is 8.19. The number of carbonyl (C=O) groups excluding carboxylic acids is 2. The van der Waals surface area contributed by atoms with Gasteiger partial charge in [-0.3, -0.25) is 9.59 Å². The van der Waals surface area contributed by atoms with Crippen LogP contribution in [-0.2, 0) is 0 Å². The molecule has 0 spiro atoms. The smallest absolute Gasteiger partial charge is 0.257 e. The van der Waals surface area contributed by atoms with Crippen LogP contribution in [0.25, 0.3) is 0 Å². The molecule has 0 saturated carbocycles. The van der Waals surface area contributed by atoms with Crippen LogP contribution < -0.4 is 15.4 Å². The van der Waals surface area contributed by atoms with E-state index < -0.39 is 0 Å². The van der Waals surface area contributed by atoms with Crippen molar-refractivity contribution in [2.75, 3.05) is 17.7 Å². The summed E-state index contributed by atoms with van der Waals surface area (Å²) in [4.78, 5) is 25.3. The molecule has 0 heterocycles. The Labute approximate surface area is 158 Å². The van der Waals surface area contributed by atoms with Gasteiger partial charge in [0.05, 0.1) is 18.4 Å². The van der Waals surface area contributed by atoms with E-state index in [1.807, 2.05) is 25.1 Å². The van der Waals surface area contributed by atoms with E-state index in [1.54, 1.807) is 61.7 Å². The van der Waals surface area contributed by atoms with Crippen LogP contribution >= 0.6 is 0 Å². The van der Waals surface area contributed by atoms with Gasteiger partial charge in [0.2, 0.25) is 0 Å². The van der Waals surface area contributed by atoms with Crippen LogP contribution in [0.1, 0.15) is 26.3 Å². The van der Waals surface area contributed by atoms with Crippen LogP contribution in [0.5, 0.6) is 5.75 Å². The second-order valence-corrected chi connectivity index (χ2v) is 6.00. The van der Waals surface area contributed by atoms with Crippen LogP contribution in [-0.4, -0.2) is 18.9 Å². The van der Waals surface area contributed by atoms with Crippen molar-refractivity contribution in [1.82, 2.24) is 0 Å². The molecule has 2 amide bonds. The summed E-state index contributed by atoms with van der Waals surface area (Å²) in [6, 6.07) is 21.3. The molecule has 0 atom stereocenters. The van der Waals surface area contributed by atoms with Crippen molar-refractivity contribution in [2.45, 2.75) is 6.92 Å². The van der Waals surface area contributed by atoms with Crippen molar-refractivity contribution < 1.29 is 14.3 Å². The van der Waals surface area contributed by atoms with Crippen LogP contribution in [0.2, 0.25) is 0 Å². The quantitative estimate of drug-likeness (QED) is 0.703. The van der Waals surface area contributed by atoms with E-state index in [0.29, 0.717) is 28.3 Å². The van der Waals surface area contributed by atoms with Gasteiger partial charge in [-0.05, 0) is 42.8 Å². The normalized spacial score (nSPS) is 10.1. The zero-order valence-electron chi connectivity index (χ0n) is 15.2. The van der Waals surface area contributed by atoms with Gasteiger partial charge >= 0.3 is 0 Å². The van der Waals surface area contributed by atoms with Crippen molar-refractivity contribution in [2.24, 2.45) is 0 Å². The zero-order chi connectivity index (χ0) is 19.2. The summed E-state index contributed by atoms with van der Waals surface area (Å²) in [5, 5.41) is 5.66. The maximum atomic E-state index is 12.7. The Kier molecular flexibility index (Phi) is 5.52. The monoisotopic (exact) mass is 360 g/mol. The molecule has 0 radical (unpaired) electrons. The summed E-state index contributed by atoms with van der Waals surface area (Å²) in [6.07, 6.45) is 0. The number of methoxy groups -OCH3 is 1. The molecule has 0 aromatic heterocycles. The molecule has 0 unspecified atom stereocenters. The molecule has 0 bridgehead atoms. The molecular weight excluding hydrogens is 340 g/mol. The summed E-state index contributed by atoms with van der Waals surface area (Å²) >= 11 is 0. The molecule has 3 rings (SSSR count). The minimum atomic E-state index is -0.316. The first-order valence-corrected chi connectivity index (χ1v) is 8.50. The zero-order valence-corrected chi connectivity index (χ0v) is 15.2. The predicted octanol–water partition coefficient (Wildman–Crippen LogP) is 4.51. The molecular formula is C22H20N2O3. The molecule has 0 aliphatic rings. The first-order valence-electron chi connectivity index (χ1n) is 8.50. The van der Waals surface area contributed by atoms with Crippen LogP contribution in [0, 0.1) is 6.92 Å². The summed E-state index contributed by atoms with van der Waals surface area (Å²) in [5.41, 5.74) is 2.88. The third kappa shape index (κ3) is 4.33. The predicted molar refractivity (Wildman–Crippen MR) is 107 cm³/mol. The van der Waals surface area contributed by atoms with E-state index in [1.165, 1.54) is 0 Å². The van der Waals surface area contributed by atoms with E-state index in [9.17, 15) is 9.59 Å². The lowest BCUT2D eigenvalue weighted by molar-refractivity contribution is 0.102. The molecule has 0 fully saturated rings. The van der Waals surface area contributed by atoms with E-state index >= 15 is 0 Å². The highest BCUT2D eigenvalue weighted by atomic mass is 16.5. The van der Waals surface area contributed by atoms with Gasteiger partial charge in [-0.2, -0.15) is 0 Å². The topological polar surface area (TPSA) is 67.4 Å². The van der Waals surface area contributed by atoms with Crippen molar-refractivity contribution in [1.29, 1.82) is 0 Å². The fraction of sp³-hybridized carbons (Fsp3) is 0.0909. The average molecular weight is 360 g/mol. The SMILES string of the molecule is COc1cccc(NC(=O)c2ccccc2NC(=O)c2ccccc2C)c1. The van der Waals surface area contributed by atoms with E-state index in [0.717, 1.165) is 5.56 Å². The minimum absolute atomic E-state index is 0.255. The molecule has 27 heavy (non-hydrogen) atoms. The summed E-state index contributed by atoms with van der Waals surface area (Å²) in [7, 11) is 1.57. The van der Waals surface area contributed by atoms with E-state index in [-0.39, 0.29) is 11.8 Å². The van der Waals surface area contributed by atoms with Gasteiger partial charge in [-0.1, -0.05) is 36.4 Å². The molecule has 2 N–H and O–H groups in total. The minimum Gasteiger partial charge on any atom is -0.497 e. The largest absolute Gasteiger partial charge is 0.497 e. The number of aryl methyl sites for hydroxylation is 1. The van der Waals surface area contributed by atoms with Gasteiger partial charge in [0, 0.05) is 17.3 Å². The third-order valence-electron chi connectivity index (χ3n) is 4.14. The Morgan fingerprint density at radius 3 is 2.19 bits per heavy atom. The van der Waals surface area contributed by atoms with Gasteiger partial charge in [-0.25, -0.2) is 0 Å². The highest BCUT2D eigenvalue weighted by Gasteiger charge is 2.15. The number of hydrogen-bond acceptors (Lipinski definition) is 3. The number of nitrogens with one attached hydrogen (secondary N) is 2. The molecule has 0 aliphatic heterocycles. The fourth-order valence-corrected chi connectivity index (χ4v) is 2.71. The maximum absolute atomic E-state index is 12.7. The second-order valence-electron chi connectivity index (χ2n) is 6.00. The average Bonchev–Trinajstić information content (AvgIpc) is 2.68. The Balaban J connectivity index is 1.82. The summed E-state index contributed by atoms with van der Waals surface area (Å²) in [5.74, 6) is 0.0765. The Bertz CT molecular complexity index is 983. The lowest BCUT2D eigenvalue weighted by Crippen LogP contribution is -2.18. The highest BCUT2D eigenvalue weighted by molar-refractivity contribution is 6.12. The summed E-state index contributed by atoms with van der Waals surface area (Å²) < 4.78 is 5.17. The fourth-order valence-electron chi connectivity index (χ4n) is 2.71. The number of benzene rings is 3. The van der Waals surface area contributed by atoms with Gasteiger partial charge in [0.1, 0.15) is 5.75 Å². The lowest BCUT2D eigenvalue weighted by Gasteiger charge is -2.13. The standard InChI is InChI=1S/C22H20N2O3/c1-15-8-3-4-11-18(15)21(25)24-20-13-6-5-12-19(20)22(26)23-16-9-7-10-17(14-16)27-2/h3-14H,1-2H3,(H,23,26)(H,24,25). The molecule has 136 valence electrons. The number of rotatable bonds is 5. The first kappa shape index (κ1) is 18.2. The maximum Gasteiger partial charge on any atom is 0.257 e. The molecule has 3 aromatic rings. The lowest BCUT2D eigenvalue weighted by atomic mass is 10.1.